The van der Waals surface area contributed by atoms with Gasteiger partial charge in [0, 0.05) is 37.9 Å². The van der Waals surface area contributed by atoms with E-state index in [4.69, 9.17) is 4.74 Å². The lowest BCUT2D eigenvalue weighted by molar-refractivity contribution is -0.144. The third-order valence-corrected chi connectivity index (χ3v) is 5.61. The fourth-order valence-electron chi connectivity index (χ4n) is 3.34. The third kappa shape index (κ3) is 4.04. The molecule has 3 rings (SSSR count). The summed E-state index contributed by atoms with van der Waals surface area (Å²) in [6.45, 7) is 3.61. The van der Waals surface area contributed by atoms with E-state index in [-0.39, 0.29) is 36.3 Å². The van der Waals surface area contributed by atoms with Gasteiger partial charge >= 0.3 is 0 Å². The van der Waals surface area contributed by atoms with Gasteiger partial charge in [0.2, 0.25) is 11.8 Å². The van der Waals surface area contributed by atoms with E-state index in [2.05, 4.69) is 5.32 Å². The maximum atomic E-state index is 13.1. The summed E-state index contributed by atoms with van der Waals surface area (Å²) in [5.41, 5.74) is 1.00. The molecule has 0 aliphatic carbocycles. The molecule has 0 bridgehead atoms. The standard InChI is InChI=1S/C17H23N3O3S.ClH/c1-12(21)20-11-24-10-15(20)17(22)19-8-7-18-9-14(19)13-5-3-4-6-16(13)23-2;/h3-6,14-15,18H,7-11H2,1-2H3;1H. The number of piperazine rings is 1. The van der Waals surface area contributed by atoms with E-state index in [1.165, 1.54) is 6.92 Å². The van der Waals surface area contributed by atoms with Crippen LogP contribution in [0.2, 0.25) is 0 Å². The summed E-state index contributed by atoms with van der Waals surface area (Å²) in [5, 5.41) is 3.36. The summed E-state index contributed by atoms with van der Waals surface area (Å²) >= 11 is 1.63. The Kier molecular flexibility index (Phi) is 6.98. The second kappa shape index (κ2) is 8.78. The van der Waals surface area contributed by atoms with Gasteiger partial charge in [-0.3, -0.25) is 9.59 Å². The van der Waals surface area contributed by atoms with Crippen LogP contribution in [0.1, 0.15) is 18.5 Å². The normalized spacial score (nSPS) is 23.1. The van der Waals surface area contributed by atoms with Crippen molar-refractivity contribution in [3.8, 4) is 5.75 Å². The number of thioether (sulfide) groups is 1. The van der Waals surface area contributed by atoms with Gasteiger partial charge in [-0.05, 0) is 6.07 Å². The molecule has 2 amide bonds. The Morgan fingerprint density at radius 1 is 1.28 bits per heavy atom. The van der Waals surface area contributed by atoms with Crippen molar-refractivity contribution in [1.82, 2.24) is 15.1 Å². The number of carbonyl (C=O) groups is 2. The van der Waals surface area contributed by atoms with Crippen molar-refractivity contribution in [1.29, 1.82) is 0 Å². The molecule has 2 heterocycles. The fourth-order valence-corrected chi connectivity index (χ4v) is 4.55. The molecule has 0 saturated carbocycles. The number of nitrogens with zero attached hydrogens (tertiary/aromatic N) is 2. The number of hydrogen-bond acceptors (Lipinski definition) is 5. The molecule has 1 aromatic carbocycles. The van der Waals surface area contributed by atoms with Crippen molar-refractivity contribution in [2.24, 2.45) is 0 Å². The number of amides is 2. The molecule has 2 atom stereocenters. The Morgan fingerprint density at radius 2 is 2.04 bits per heavy atom. The lowest BCUT2D eigenvalue weighted by Crippen LogP contribution is -2.55. The molecular formula is C17H24ClN3O3S. The number of rotatable bonds is 3. The van der Waals surface area contributed by atoms with E-state index in [1.54, 1.807) is 23.8 Å². The lowest BCUT2D eigenvalue weighted by Gasteiger charge is -2.39. The predicted molar refractivity (Wildman–Crippen MR) is 101 cm³/mol. The van der Waals surface area contributed by atoms with Gasteiger partial charge < -0.3 is 19.9 Å². The van der Waals surface area contributed by atoms with Crippen LogP contribution in [0.5, 0.6) is 5.75 Å². The zero-order valence-electron chi connectivity index (χ0n) is 14.4. The SMILES string of the molecule is COc1ccccc1C1CNCCN1C(=O)C1CSCN1C(C)=O.Cl. The first kappa shape index (κ1) is 19.9. The molecule has 6 nitrogen and oxygen atoms in total. The molecule has 2 unspecified atom stereocenters. The van der Waals surface area contributed by atoms with Crippen LogP contribution < -0.4 is 10.1 Å². The molecule has 2 aliphatic heterocycles. The van der Waals surface area contributed by atoms with Gasteiger partial charge in [0.25, 0.3) is 0 Å². The van der Waals surface area contributed by atoms with Gasteiger partial charge in [-0.25, -0.2) is 0 Å². The van der Waals surface area contributed by atoms with E-state index < -0.39 is 0 Å². The molecule has 1 N–H and O–H groups in total. The minimum Gasteiger partial charge on any atom is -0.496 e. The number of carbonyl (C=O) groups excluding carboxylic acids is 2. The Morgan fingerprint density at radius 3 is 2.76 bits per heavy atom. The van der Waals surface area contributed by atoms with Crippen molar-refractivity contribution in [2.75, 3.05) is 38.4 Å². The average Bonchev–Trinajstić information content (AvgIpc) is 3.11. The summed E-state index contributed by atoms with van der Waals surface area (Å²) < 4.78 is 5.48. The first-order valence-corrected chi connectivity index (χ1v) is 9.28. The second-order valence-electron chi connectivity index (χ2n) is 6.00. The molecule has 25 heavy (non-hydrogen) atoms. The van der Waals surface area contributed by atoms with E-state index >= 15 is 0 Å². The molecule has 1 aromatic rings. The van der Waals surface area contributed by atoms with Crippen LogP contribution in [0.25, 0.3) is 0 Å². The number of methoxy groups -OCH3 is 1. The predicted octanol–water partition coefficient (Wildman–Crippen LogP) is 1.51. The van der Waals surface area contributed by atoms with E-state index in [0.29, 0.717) is 24.7 Å². The van der Waals surface area contributed by atoms with Crippen LogP contribution in [0, 0.1) is 0 Å². The van der Waals surface area contributed by atoms with Gasteiger partial charge in [0.15, 0.2) is 0 Å². The zero-order chi connectivity index (χ0) is 17.1. The van der Waals surface area contributed by atoms with Gasteiger partial charge in [-0.2, -0.15) is 0 Å². The third-order valence-electron chi connectivity index (χ3n) is 4.60. The fraction of sp³-hybridized carbons (Fsp3) is 0.529. The first-order valence-electron chi connectivity index (χ1n) is 8.12. The molecule has 0 aromatic heterocycles. The Balaban J connectivity index is 0.00000225. The highest BCUT2D eigenvalue weighted by Gasteiger charge is 2.39. The molecule has 2 saturated heterocycles. The maximum absolute atomic E-state index is 13.1. The average molecular weight is 386 g/mol. The number of nitrogens with one attached hydrogen (secondary N) is 1. The molecule has 0 spiro atoms. The number of para-hydroxylation sites is 1. The number of ether oxygens (including phenoxy) is 1. The van der Waals surface area contributed by atoms with Crippen molar-refractivity contribution < 1.29 is 14.3 Å². The van der Waals surface area contributed by atoms with Gasteiger partial charge in [-0.1, -0.05) is 18.2 Å². The van der Waals surface area contributed by atoms with Gasteiger partial charge in [-0.15, -0.1) is 24.2 Å². The van der Waals surface area contributed by atoms with Gasteiger partial charge in [0.05, 0.1) is 19.0 Å². The van der Waals surface area contributed by atoms with Crippen molar-refractivity contribution in [2.45, 2.75) is 19.0 Å². The Hall–Kier alpha value is -1.44. The Labute approximate surface area is 158 Å². The molecule has 2 aliphatic rings. The highest BCUT2D eigenvalue weighted by molar-refractivity contribution is 7.99. The van der Waals surface area contributed by atoms with Crippen LogP contribution in [0.3, 0.4) is 0 Å². The minimum atomic E-state index is -0.359. The largest absolute Gasteiger partial charge is 0.496 e. The van der Waals surface area contributed by atoms with Crippen molar-refractivity contribution in [3.05, 3.63) is 29.8 Å². The zero-order valence-corrected chi connectivity index (χ0v) is 16.1. The van der Waals surface area contributed by atoms with Crippen LogP contribution in [0.4, 0.5) is 0 Å². The molecule has 0 radical (unpaired) electrons. The smallest absolute Gasteiger partial charge is 0.246 e. The summed E-state index contributed by atoms with van der Waals surface area (Å²) in [7, 11) is 1.65. The summed E-state index contributed by atoms with van der Waals surface area (Å²) in [6.07, 6.45) is 0. The Bertz CT molecular complexity index is 631. The van der Waals surface area contributed by atoms with Crippen LogP contribution >= 0.6 is 24.2 Å². The highest BCUT2D eigenvalue weighted by atomic mass is 35.5. The van der Waals surface area contributed by atoms with Crippen LogP contribution in [-0.4, -0.2) is 66.0 Å². The number of hydrogen-bond donors (Lipinski definition) is 1. The maximum Gasteiger partial charge on any atom is 0.246 e. The summed E-state index contributed by atoms with van der Waals surface area (Å²) in [4.78, 5) is 28.5. The van der Waals surface area contributed by atoms with Crippen LogP contribution in [-0.2, 0) is 9.59 Å². The molecule has 8 heteroatoms. The van der Waals surface area contributed by atoms with Crippen molar-refractivity contribution in [3.63, 3.8) is 0 Å². The first-order chi connectivity index (χ1) is 11.6. The lowest BCUT2D eigenvalue weighted by atomic mass is 10.0. The number of halogens is 1. The van der Waals surface area contributed by atoms with Crippen molar-refractivity contribution >= 4 is 36.0 Å². The molecule has 2 fully saturated rings. The number of benzene rings is 1. The molecule has 138 valence electrons. The van der Waals surface area contributed by atoms with E-state index in [1.807, 2.05) is 29.2 Å². The van der Waals surface area contributed by atoms with Gasteiger partial charge in [0.1, 0.15) is 11.8 Å². The summed E-state index contributed by atoms with van der Waals surface area (Å²) in [6, 6.07) is 7.37. The topological polar surface area (TPSA) is 61.9 Å². The van der Waals surface area contributed by atoms with E-state index in [9.17, 15) is 9.59 Å². The summed E-state index contributed by atoms with van der Waals surface area (Å²) in [5.74, 6) is 2.04. The van der Waals surface area contributed by atoms with Crippen LogP contribution in [0.15, 0.2) is 24.3 Å². The molecular weight excluding hydrogens is 362 g/mol. The quantitative estimate of drug-likeness (QED) is 0.854. The monoisotopic (exact) mass is 385 g/mol. The second-order valence-corrected chi connectivity index (χ2v) is 7.00. The highest BCUT2D eigenvalue weighted by Crippen LogP contribution is 2.32. The minimum absolute atomic E-state index is 0. The van der Waals surface area contributed by atoms with E-state index in [0.717, 1.165) is 17.9 Å².